The molecule has 2 heterocycles. The van der Waals surface area contributed by atoms with Crippen molar-refractivity contribution in [2.24, 2.45) is 0 Å². The van der Waals surface area contributed by atoms with Crippen molar-refractivity contribution in [2.45, 2.75) is 26.6 Å². The number of carbonyl (C=O) groups is 1. The fraction of sp³-hybridized carbons (Fsp3) is 0.333. The number of aromatic nitrogens is 1. The summed E-state index contributed by atoms with van der Waals surface area (Å²) in [5.41, 5.74) is 4.80. The number of hydrogen-bond donors (Lipinski definition) is 1. The Morgan fingerprint density at radius 1 is 1.09 bits per heavy atom. The van der Waals surface area contributed by atoms with Crippen molar-refractivity contribution >= 4 is 17.2 Å². The molecular formula is C24H27N3O6S. The molecule has 1 amide bonds. The molecule has 0 saturated heterocycles. The summed E-state index contributed by atoms with van der Waals surface area (Å²) < 4.78 is 21.9. The molecule has 4 rings (SSSR count). The lowest BCUT2D eigenvalue weighted by molar-refractivity contribution is 0.0360. The Kier molecular flexibility index (Phi) is 7.84. The van der Waals surface area contributed by atoms with E-state index in [1.165, 1.54) is 11.3 Å². The van der Waals surface area contributed by atoms with E-state index in [2.05, 4.69) is 15.4 Å². The Bertz CT molecular complexity index is 1140. The lowest BCUT2D eigenvalue weighted by atomic mass is 10.1. The van der Waals surface area contributed by atoms with Gasteiger partial charge in [0.15, 0.2) is 11.5 Å². The molecule has 0 atom stereocenters. The second-order valence-electron chi connectivity index (χ2n) is 7.50. The van der Waals surface area contributed by atoms with Crippen molar-refractivity contribution in [3.63, 3.8) is 0 Å². The van der Waals surface area contributed by atoms with Crippen LogP contribution in [0.3, 0.4) is 0 Å². The highest BCUT2D eigenvalue weighted by Gasteiger charge is 2.18. The van der Waals surface area contributed by atoms with Crippen molar-refractivity contribution in [2.75, 3.05) is 27.6 Å². The molecule has 0 bridgehead atoms. The fourth-order valence-corrected chi connectivity index (χ4v) is 4.37. The monoisotopic (exact) mass is 485 g/mol. The van der Waals surface area contributed by atoms with Crippen LogP contribution in [0.2, 0.25) is 0 Å². The smallest absolute Gasteiger partial charge is 0.294 e. The fourth-order valence-electron chi connectivity index (χ4n) is 3.56. The topological polar surface area (TPSA) is 91.4 Å². The molecule has 0 spiro atoms. The standard InChI is InChI=1S/C24H27N3O6S/c1-4-33-26-24(28)19-14-34-23(25-19)13-27(11-16-5-8-20-22(9-16)32-15-31-20)12-17-6-7-18(29-2)10-21(17)30-3/h5-10,14H,4,11-13,15H2,1-3H3,(H,26,28). The van der Waals surface area contributed by atoms with Crippen LogP contribution in [0.5, 0.6) is 23.0 Å². The molecule has 3 aromatic rings. The highest BCUT2D eigenvalue weighted by atomic mass is 32.1. The number of methoxy groups -OCH3 is 2. The van der Waals surface area contributed by atoms with Gasteiger partial charge in [-0.15, -0.1) is 11.3 Å². The van der Waals surface area contributed by atoms with Gasteiger partial charge in [-0.25, -0.2) is 10.5 Å². The van der Waals surface area contributed by atoms with Crippen LogP contribution in [0.1, 0.15) is 33.5 Å². The van der Waals surface area contributed by atoms with Crippen molar-refractivity contribution < 1.29 is 28.6 Å². The molecule has 0 unspecified atom stereocenters. The molecule has 180 valence electrons. The number of carbonyl (C=O) groups excluding carboxylic acids is 1. The Hall–Kier alpha value is -3.34. The van der Waals surface area contributed by atoms with Crippen LogP contribution in [-0.4, -0.2) is 43.4 Å². The van der Waals surface area contributed by atoms with Crippen LogP contribution in [0.25, 0.3) is 0 Å². The van der Waals surface area contributed by atoms with Gasteiger partial charge in [0.2, 0.25) is 6.79 Å². The average molecular weight is 486 g/mol. The zero-order valence-corrected chi connectivity index (χ0v) is 20.1. The maximum atomic E-state index is 12.2. The minimum Gasteiger partial charge on any atom is -0.497 e. The van der Waals surface area contributed by atoms with E-state index in [1.54, 1.807) is 26.5 Å². The largest absolute Gasteiger partial charge is 0.497 e. The first-order chi connectivity index (χ1) is 16.6. The number of fused-ring (bicyclic) bond motifs is 1. The van der Waals surface area contributed by atoms with E-state index in [9.17, 15) is 4.79 Å². The van der Waals surface area contributed by atoms with Crippen molar-refractivity contribution in [1.82, 2.24) is 15.4 Å². The number of nitrogens with zero attached hydrogens (tertiary/aromatic N) is 2. The van der Waals surface area contributed by atoms with Gasteiger partial charge in [0, 0.05) is 30.1 Å². The SMILES string of the molecule is CCONC(=O)c1csc(CN(Cc2ccc3c(c2)OCO3)Cc2ccc(OC)cc2OC)n1. The van der Waals surface area contributed by atoms with Crippen molar-refractivity contribution in [3.05, 3.63) is 63.6 Å². The molecule has 0 aliphatic carbocycles. The molecule has 1 N–H and O–H groups in total. The second-order valence-corrected chi connectivity index (χ2v) is 8.44. The van der Waals surface area contributed by atoms with Gasteiger partial charge in [0.05, 0.1) is 27.4 Å². The summed E-state index contributed by atoms with van der Waals surface area (Å²) >= 11 is 1.43. The van der Waals surface area contributed by atoms with Crippen LogP contribution in [0.4, 0.5) is 0 Å². The summed E-state index contributed by atoms with van der Waals surface area (Å²) in [5.74, 6) is 2.60. The van der Waals surface area contributed by atoms with Crippen molar-refractivity contribution in [3.8, 4) is 23.0 Å². The van der Waals surface area contributed by atoms with Crippen LogP contribution in [0, 0.1) is 0 Å². The molecule has 9 nitrogen and oxygen atoms in total. The molecule has 1 aliphatic heterocycles. The van der Waals surface area contributed by atoms with E-state index >= 15 is 0 Å². The van der Waals surface area contributed by atoms with E-state index in [0.717, 1.165) is 39.1 Å². The van der Waals surface area contributed by atoms with Gasteiger partial charge in [-0.05, 0) is 30.7 Å². The lowest BCUT2D eigenvalue weighted by Crippen LogP contribution is -2.25. The van der Waals surface area contributed by atoms with E-state index < -0.39 is 0 Å². The van der Waals surface area contributed by atoms with Crippen LogP contribution in [0.15, 0.2) is 41.8 Å². The Morgan fingerprint density at radius 2 is 1.94 bits per heavy atom. The Balaban J connectivity index is 1.55. The number of thiazole rings is 1. The van der Waals surface area contributed by atoms with E-state index in [4.69, 9.17) is 23.8 Å². The quantitative estimate of drug-likeness (QED) is 0.411. The maximum absolute atomic E-state index is 12.2. The predicted molar refractivity (Wildman–Crippen MR) is 126 cm³/mol. The van der Waals surface area contributed by atoms with Gasteiger partial charge in [0.25, 0.3) is 5.91 Å². The Morgan fingerprint density at radius 3 is 2.74 bits per heavy atom. The number of amides is 1. The van der Waals surface area contributed by atoms with Gasteiger partial charge >= 0.3 is 0 Å². The highest BCUT2D eigenvalue weighted by molar-refractivity contribution is 7.09. The molecule has 0 fully saturated rings. The van der Waals surface area contributed by atoms with Crippen LogP contribution in [-0.2, 0) is 24.5 Å². The zero-order chi connectivity index (χ0) is 23.9. The minimum atomic E-state index is -0.358. The predicted octanol–water partition coefficient (Wildman–Crippen LogP) is 3.77. The number of hydrogen-bond acceptors (Lipinski definition) is 9. The van der Waals surface area contributed by atoms with Crippen LogP contribution < -0.4 is 24.4 Å². The number of rotatable bonds is 11. The van der Waals surface area contributed by atoms with E-state index in [-0.39, 0.29) is 12.7 Å². The molecular weight excluding hydrogens is 458 g/mol. The highest BCUT2D eigenvalue weighted by Crippen LogP contribution is 2.33. The van der Waals surface area contributed by atoms with E-state index in [0.29, 0.717) is 31.9 Å². The van der Waals surface area contributed by atoms with E-state index in [1.807, 2.05) is 36.4 Å². The summed E-state index contributed by atoms with van der Waals surface area (Å²) in [5, 5.41) is 2.55. The third-order valence-corrected chi connectivity index (χ3v) is 6.02. The molecule has 1 aliphatic rings. The van der Waals surface area contributed by atoms with Gasteiger partial charge in [-0.3, -0.25) is 14.5 Å². The van der Waals surface area contributed by atoms with Gasteiger partial charge in [0.1, 0.15) is 22.2 Å². The number of benzene rings is 2. The lowest BCUT2D eigenvalue weighted by Gasteiger charge is -2.23. The molecule has 1 aromatic heterocycles. The van der Waals surface area contributed by atoms with Gasteiger partial charge < -0.3 is 18.9 Å². The molecule has 10 heteroatoms. The summed E-state index contributed by atoms with van der Waals surface area (Å²) in [4.78, 5) is 23.9. The average Bonchev–Trinajstić information content (AvgIpc) is 3.52. The third-order valence-electron chi connectivity index (χ3n) is 5.18. The summed E-state index contributed by atoms with van der Waals surface area (Å²) in [6, 6.07) is 11.7. The Labute approximate surface area is 202 Å². The maximum Gasteiger partial charge on any atom is 0.294 e. The van der Waals surface area contributed by atoms with Crippen LogP contribution >= 0.6 is 11.3 Å². The minimum absolute atomic E-state index is 0.233. The molecule has 34 heavy (non-hydrogen) atoms. The molecule has 2 aromatic carbocycles. The normalized spacial score (nSPS) is 12.1. The first-order valence-electron chi connectivity index (χ1n) is 10.8. The number of nitrogens with one attached hydrogen (secondary N) is 1. The first-order valence-corrected chi connectivity index (χ1v) is 11.7. The summed E-state index contributed by atoms with van der Waals surface area (Å²) in [7, 11) is 3.27. The molecule has 0 radical (unpaired) electrons. The zero-order valence-electron chi connectivity index (χ0n) is 19.3. The van der Waals surface area contributed by atoms with Gasteiger partial charge in [-0.2, -0.15) is 0 Å². The van der Waals surface area contributed by atoms with Gasteiger partial charge in [-0.1, -0.05) is 12.1 Å². The van der Waals surface area contributed by atoms with Crippen molar-refractivity contribution in [1.29, 1.82) is 0 Å². The summed E-state index contributed by atoms with van der Waals surface area (Å²) in [6.07, 6.45) is 0. The molecule has 0 saturated carbocycles. The number of hydroxylamine groups is 1. The third kappa shape index (κ3) is 5.77. The second kappa shape index (κ2) is 11.2. The summed E-state index contributed by atoms with van der Waals surface area (Å²) in [6.45, 7) is 4.19. The number of ether oxygens (including phenoxy) is 4. The first kappa shape index (κ1) is 23.8.